The molecule has 18 heavy (non-hydrogen) atoms. The lowest BCUT2D eigenvalue weighted by atomic mass is 10.1. The molecule has 0 amide bonds. The van der Waals surface area contributed by atoms with E-state index in [1.54, 1.807) is 0 Å². The van der Waals surface area contributed by atoms with E-state index >= 15 is 0 Å². The third-order valence-corrected chi connectivity index (χ3v) is 2.85. The second-order valence-corrected chi connectivity index (χ2v) is 4.88. The lowest BCUT2D eigenvalue weighted by molar-refractivity contribution is -0.394. The van der Waals surface area contributed by atoms with Crippen LogP contribution in [-0.4, -0.2) is 28.4 Å². The summed E-state index contributed by atoms with van der Waals surface area (Å²) in [6, 6.07) is 3.64. The second kappa shape index (κ2) is 6.41. The molecule has 0 aliphatic rings. The van der Waals surface area contributed by atoms with Crippen molar-refractivity contribution in [2.24, 2.45) is 0 Å². The predicted molar refractivity (Wildman–Crippen MR) is 68.0 cm³/mol. The minimum absolute atomic E-state index is 0.0809. The molecule has 0 radical (unpaired) electrons. The number of nitro groups is 2. The van der Waals surface area contributed by atoms with E-state index in [0.717, 1.165) is 6.07 Å². The Morgan fingerprint density at radius 3 is 2.50 bits per heavy atom. The zero-order valence-electron chi connectivity index (χ0n) is 9.54. The first-order chi connectivity index (χ1) is 8.45. The van der Waals surface area contributed by atoms with Crippen molar-refractivity contribution in [3.05, 3.63) is 44.0 Å². The van der Waals surface area contributed by atoms with Crippen LogP contribution in [0.2, 0.25) is 0 Å². The van der Waals surface area contributed by atoms with E-state index < -0.39 is 9.85 Å². The smallest absolute Gasteiger partial charge is 0.279 e. The SMILES string of the molecule is COCC(Br)Cc1ccc([N+](=O)[O-])cc1[N+](=O)[O-]. The quantitative estimate of drug-likeness (QED) is 0.456. The largest absolute Gasteiger partial charge is 0.384 e. The molecule has 0 N–H and O–H groups in total. The van der Waals surface area contributed by atoms with Gasteiger partial charge in [-0.15, -0.1) is 0 Å². The summed E-state index contributed by atoms with van der Waals surface area (Å²) in [4.78, 5) is 20.1. The van der Waals surface area contributed by atoms with Crippen molar-refractivity contribution in [1.82, 2.24) is 0 Å². The van der Waals surface area contributed by atoms with E-state index in [4.69, 9.17) is 4.74 Å². The highest BCUT2D eigenvalue weighted by Crippen LogP contribution is 2.26. The number of non-ortho nitro benzene ring substituents is 1. The minimum atomic E-state index is -0.655. The standard InChI is InChI=1S/C10H11BrN2O5/c1-18-6-8(11)4-7-2-3-9(12(14)15)5-10(7)13(16)17/h2-3,5,8H,4,6H2,1H3. The van der Waals surface area contributed by atoms with Gasteiger partial charge in [0.1, 0.15) is 0 Å². The molecule has 1 unspecified atom stereocenters. The van der Waals surface area contributed by atoms with Crippen molar-refractivity contribution >= 4 is 27.3 Å². The van der Waals surface area contributed by atoms with Crippen molar-refractivity contribution < 1.29 is 14.6 Å². The molecule has 1 rings (SSSR count). The molecule has 0 heterocycles. The van der Waals surface area contributed by atoms with Crippen LogP contribution in [0.5, 0.6) is 0 Å². The van der Waals surface area contributed by atoms with Crippen LogP contribution in [0.3, 0.4) is 0 Å². The van der Waals surface area contributed by atoms with Gasteiger partial charge in [0.15, 0.2) is 0 Å². The number of alkyl halides is 1. The zero-order chi connectivity index (χ0) is 13.7. The predicted octanol–water partition coefficient (Wildman–Crippen LogP) is 2.46. The molecule has 1 aromatic carbocycles. The van der Waals surface area contributed by atoms with Gasteiger partial charge in [-0.05, 0) is 12.5 Å². The summed E-state index contributed by atoms with van der Waals surface area (Å²) in [6.07, 6.45) is 0.363. The van der Waals surface area contributed by atoms with Gasteiger partial charge in [0.25, 0.3) is 11.4 Å². The van der Waals surface area contributed by atoms with Gasteiger partial charge in [0.05, 0.1) is 22.5 Å². The summed E-state index contributed by atoms with van der Waals surface area (Å²) in [6.45, 7) is 0.397. The Kier molecular flexibility index (Phi) is 5.17. The molecular formula is C10H11BrN2O5. The molecule has 0 aliphatic carbocycles. The Bertz CT molecular complexity index is 466. The maximum Gasteiger partial charge on any atom is 0.279 e. The van der Waals surface area contributed by atoms with Crippen LogP contribution in [-0.2, 0) is 11.2 Å². The number of rotatable bonds is 6. The first-order valence-electron chi connectivity index (χ1n) is 5.00. The molecule has 0 spiro atoms. The van der Waals surface area contributed by atoms with Crippen LogP contribution in [0.1, 0.15) is 5.56 Å². The van der Waals surface area contributed by atoms with Crippen LogP contribution in [0.25, 0.3) is 0 Å². The molecule has 8 heteroatoms. The summed E-state index contributed by atoms with van der Waals surface area (Å²) in [5.74, 6) is 0. The number of benzene rings is 1. The van der Waals surface area contributed by atoms with Crippen molar-refractivity contribution in [2.45, 2.75) is 11.2 Å². The molecule has 0 bridgehead atoms. The fourth-order valence-corrected chi connectivity index (χ4v) is 2.10. The molecule has 1 aromatic rings. The van der Waals surface area contributed by atoms with Gasteiger partial charge in [-0.3, -0.25) is 20.2 Å². The second-order valence-electron chi connectivity index (χ2n) is 3.58. The van der Waals surface area contributed by atoms with E-state index in [1.165, 1.54) is 19.2 Å². The molecule has 98 valence electrons. The van der Waals surface area contributed by atoms with E-state index in [0.29, 0.717) is 18.6 Å². The van der Waals surface area contributed by atoms with Crippen molar-refractivity contribution in [2.75, 3.05) is 13.7 Å². The molecule has 1 atom stereocenters. The molecule has 7 nitrogen and oxygen atoms in total. The molecule has 0 saturated carbocycles. The van der Waals surface area contributed by atoms with Crippen LogP contribution in [0.4, 0.5) is 11.4 Å². The average molecular weight is 319 g/mol. The maximum atomic E-state index is 10.9. The Hall–Kier alpha value is -1.54. The molecule has 0 aromatic heterocycles. The van der Waals surface area contributed by atoms with Gasteiger partial charge >= 0.3 is 0 Å². The Balaban J connectivity index is 3.04. The molecule has 0 saturated heterocycles. The van der Waals surface area contributed by atoms with Crippen molar-refractivity contribution in [3.8, 4) is 0 Å². The fraction of sp³-hybridized carbons (Fsp3) is 0.400. The Morgan fingerprint density at radius 1 is 1.33 bits per heavy atom. The van der Waals surface area contributed by atoms with Gasteiger partial charge in [-0.1, -0.05) is 15.9 Å². The first-order valence-corrected chi connectivity index (χ1v) is 5.92. The van der Waals surface area contributed by atoms with E-state index in [-0.39, 0.29) is 16.2 Å². The lowest BCUT2D eigenvalue weighted by Gasteiger charge is -2.08. The van der Waals surface area contributed by atoms with Gasteiger partial charge < -0.3 is 4.74 Å². The third kappa shape index (κ3) is 3.74. The zero-order valence-corrected chi connectivity index (χ0v) is 11.1. The van der Waals surface area contributed by atoms with Crippen molar-refractivity contribution in [1.29, 1.82) is 0 Å². The van der Waals surface area contributed by atoms with E-state index in [1.807, 2.05) is 0 Å². The average Bonchev–Trinajstić information content (AvgIpc) is 2.29. The summed E-state index contributed by atoms with van der Waals surface area (Å²) < 4.78 is 4.91. The summed E-state index contributed by atoms with van der Waals surface area (Å²) in [7, 11) is 1.53. The first kappa shape index (κ1) is 14.5. The summed E-state index contributed by atoms with van der Waals surface area (Å²) >= 11 is 3.32. The number of nitrogens with zero attached hydrogens (tertiary/aromatic N) is 2. The van der Waals surface area contributed by atoms with Crippen LogP contribution < -0.4 is 0 Å². The van der Waals surface area contributed by atoms with E-state index in [9.17, 15) is 20.2 Å². The summed E-state index contributed by atoms with van der Waals surface area (Å²) in [5, 5.41) is 21.4. The highest BCUT2D eigenvalue weighted by atomic mass is 79.9. The summed E-state index contributed by atoms with van der Waals surface area (Å²) in [5.41, 5.74) is -0.0995. The fourth-order valence-electron chi connectivity index (χ4n) is 1.49. The van der Waals surface area contributed by atoms with Gasteiger partial charge in [0.2, 0.25) is 0 Å². The van der Waals surface area contributed by atoms with Gasteiger partial charge in [-0.25, -0.2) is 0 Å². The monoisotopic (exact) mass is 318 g/mol. The topological polar surface area (TPSA) is 95.5 Å². The van der Waals surface area contributed by atoms with Crippen molar-refractivity contribution in [3.63, 3.8) is 0 Å². The Morgan fingerprint density at radius 2 is 2.00 bits per heavy atom. The number of nitro benzene ring substituents is 2. The number of hydrogen-bond donors (Lipinski definition) is 0. The number of hydrogen-bond acceptors (Lipinski definition) is 5. The van der Waals surface area contributed by atoms with Gasteiger partial charge in [-0.2, -0.15) is 0 Å². The molecule has 0 aliphatic heterocycles. The minimum Gasteiger partial charge on any atom is -0.384 e. The van der Waals surface area contributed by atoms with Crippen LogP contribution in [0.15, 0.2) is 18.2 Å². The normalized spacial score (nSPS) is 12.1. The Labute approximate surface area is 111 Å². The van der Waals surface area contributed by atoms with E-state index in [2.05, 4.69) is 15.9 Å². The molecule has 0 fully saturated rings. The highest BCUT2D eigenvalue weighted by Gasteiger charge is 2.20. The van der Waals surface area contributed by atoms with Gasteiger partial charge in [0, 0.05) is 23.6 Å². The molecular weight excluding hydrogens is 308 g/mol. The lowest BCUT2D eigenvalue weighted by Crippen LogP contribution is -2.11. The van der Waals surface area contributed by atoms with Crippen LogP contribution >= 0.6 is 15.9 Å². The maximum absolute atomic E-state index is 10.9. The van der Waals surface area contributed by atoms with Crippen LogP contribution in [0, 0.1) is 20.2 Å². The highest BCUT2D eigenvalue weighted by molar-refractivity contribution is 9.09. The number of halogens is 1. The number of methoxy groups -OCH3 is 1. The third-order valence-electron chi connectivity index (χ3n) is 2.27. The number of ether oxygens (including phenoxy) is 1.